The fraction of sp³-hybridized carbons (Fsp3) is 0.667. The minimum Gasteiger partial charge on any atom is -0.393 e. The Labute approximate surface area is 69.9 Å². The van der Waals surface area contributed by atoms with Gasteiger partial charge in [-0.1, -0.05) is 0 Å². The molecule has 1 aliphatic heterocycles. The van der Waals surface area contributed by atoms with Crippen LogP contribution in [-0.4, -0.2) is 24.7 Å². The monoisotopic (exact) mass is 191 g/mol. The van der Waals surface area contributed by atoms with Gasteiger partial charge in [0.2, 0.25) is 5.66 Å². The Hall–Kier alpha value is -0.800. The van der Waals surface area contributed by atoms with Crippen LogP contribution >= 0.6 is 8.03 Å². The Morgan fingerprint density at radius 2 is 1.92 bits per heavy atom. The first-order valence-corrected chi connectivity index (χ1v) is 4.62. The highest BCUT2D eigenvalue weighted by atomic mass is 31.1. The molecule has 1 rings (SSSR count). The first-order chi connectivity index (χ1) is 5.63. The Balaban J connectivity index is 2.61. The van der Waals surface area contributed by atoms with Gasteiger partial charge in [0, 0.05) is 0 Å². The van der Waals surface area contributed by atoms with Gasteiger partial charge in [-0.25, -0.2) is 0 Å². The SMILES string of the molecule is CO[P+](=O)C1CC(=O)OC(=O)C1. The van der Waals surface area contributed by atoms with E-state index in [0.717, 1.165) is 0 Å². The summed E-state index contributed by atoms with van der Waals surface area (Å²) in [7, 11) is -0.641. The largest absolute Gasteiger partial charge is 0.512 e. The molecular formula is C6H8O5P+. The van der Waals surface area contributed by atoms with E-state index in [0.29, 0.717) is 0 Å². The Kier molecular flexibility index (Phi) is 2.89. The summed E-state index contributed by atoms with van der Waals surface area (Å²) >= 11 is 0. The van der Waals surface area contributed by atoms with E-state index in [1.165, 1.54) is 7.11 Å². The number of esters is 2. The number of cyclic esters (lactones) is 2. The van der Waals surface area contributed by atoms with Crippen molar-refractivity contribution in [2.45, 2.75) is 18.5 Å². The molecule has 66 valence electrons. The van der Waals surface area contributed by atoms with Crippen LogP contribution in [0, 0.1) is 0 Å². The predicted molar refractivity (Wildman–Crippen MR) is 38.7 cm³/mol. The van der Waals surface area contributed by atoms with Crippen molar-refractivity contribution in [2.24, 2.45) is 0 Å². The number of carbonyl (C=O) groups is 2. The zero-order valence-electron chi connectivity index (χ0n) is 6.48. The van der Waals surface area contributed by atoms with Gasteiger partial charge in [0.05, 0.1) is 20.0 Å². The quantitative estimate of drug-likeness (QED) is 0.363. The molecule has 1 atom stereocenters. The summed E-state index contributed by atoms with van der Waals surface area (Å²) < 4.78 is 19.8. The molecule has 1 fully saturated rings. The van der Waals surface area contributed by atoms with Crippen molar-refractivity contribution >= 4 is 20.0 Å². The molecule has 0 aromatic heterocycles. The van der Waals surface area contributed by atoms with Crippen LogP contribution in [0.3, 0.4) is 0 Å². The van der Waals surface area contributed by atoms with Gasteiger partial charge >= 0.3 is 20.0 Å². The molecule has 0 aromatic carbocycles. The topological polar surface area (TPSA) is 69.7 Å². The molecule has 0 saturated carbocycles. The van der Waals surface area contributed by atoms with Crippen LogP contribution in [0.1, 0.15) is 12.8 Å². The van der Waals surface area contributed by atoms with Crippen molar-refractivity contribution in [3.63, 3.8) is 0 Å². The van der Waals surface area contributed by atoms with Crippen LogP contribution in [0.5, 0.6) is 0 Å². The number of carbonyl (C=O) groups excluding carboxylic acids is 2. The zero-order valence-corrected chi connectivity index (χ0v) is 7.37. The van der Waals surface area contributed by atoms with Gasteiger partial charge in [0.25, 0.3) is 0 Å². The van der Waals surface area contributed by atoms with Crippen LogP contribution < -0.4 is 0 Å². The summed E-state index contributed by atoms with van der Waals surface area (Å²) in [6.07, 6.45) is -0.0103. The van der Waals surface area contributed by atoms with Gasteiger partial charge < -0.3 is 4.74 Å². The van der Waals surface area contributed by atoms with Crippen molar-refractivity contribution in [1.82, 2.24) is 0 Å². The lowest BCUT2D eigenvalue weighted by molar-refractivity contribution is -0.162. The van der Waals surface area contributed by atoms with E-state index in [4.69, 9.17) is 0 Å². The molecule has 1 saturated heterocycles. The lowest BCUT2D eigenvalue weighted by Crippen LogP contribution is -2.27. The summed E-state index contributed by atoms with van der Waals surface area (Å²) in [6, 6.07) is 0. The number of hydrogen-bond donors (Lipinski definition) is 0. The van der Waals surface area contributed by atoms with Gasteiger partial charge in [0.1, 0.15) is 0 Å². The standard InChI is InChI=1S/C6H8O5P/c1-10-12(9)4-2-5(7)11-6(8)3-4/h4H,2-3H2,1H3/q+1. The maximum absolute atomic E-state index is 11.0. The van der Waals surface area contributed by atoms with Crippen molar-refractivity contribution < 1.29 is 23.4 Å². The van der Waals surface area contributed by atoms with E-state index in [1.807, 2.05) is 0 Å². The minimum absolute atomic E-state index is 0.00517. The van der Waals surface area contributed by atoms with Crippen LogP contribution in [0.15, 0.2) is 0 Å². The molecule has 5 nitrogen and oxygen atoms in total. The molecule has 0 spiro atoms. The van der Waals surface area contributed by atoms with Crippen molar-refractivity contribution in [3.8, 4) is 0 Å². The fourth-order valence-corrected chi connectivity index (χ4v) is 1.86. The average molecular weight is 191 g/mol. The molecule has 12 heavy (non-hydrogen) atoms. The molecule has 0 amide bonds. The summed E-state index contributed by atoms with van der Waals surface area (Å²) in [5.74, 6) is -1.26. The molecule has 0 aliphatic carbocycles. The number of rotatable bonds is 2. The first-order valence-electron chi connectivity index (χ1n) is 3.37. The van der Waals surface area contributed by atoms with Gasteiger partial charge in [0.15, 0.2) is 0 Å². The molecule has 0 N–H and O–H groups in total. The molecule has 1 heterocycles. The minimum atomic E-state index is -1.92. The van der Waals surface area contributed by atoms with Gasteiger partial charge in [-0.2, -0.15) is 0 Å². The third kappa shape index (κ3) is 2.09. The number of ether oxygens (including phenoxy) is 1. The van der Waals surface area contributed by atoms with Gasteiger partial charge in [-0.05, 0) is 4.57 Å². The normalized spacial score (nSPS) is 20.6. The second-order valence-electron chi connectivity index (χ2n) is 2.38. The lowest BCUT2D eigenvalue weighted by atomic mass is 10.2. The van der Waals surface area contributed by atoms with Crippen molar-refractivity contribution in [3.05, 3.63) is 0 Å². The molecule has 6 heteroatoms. The second kappa shape index (κ2) is 3.74. The third-order valence-electron chi connectivity index (χ3n) is 1.51. The average Bonchev–Trinajstić information content (AvgIpc) is 2.01. The maximum atomic E-state index is 11.0. The molecular weight excluding hydrogens is 183 g/mol. The summed E-state index contributed by atoms with van der Waals surface area (Å²) in [5.41, 5.74) is -0.515. The van der Waals surface area contributed by atoms with E-state index in [-0.39, 0.29) is 12.8 Å². The fourth-order valence-electron chi connectivity index (χ4n) is 0.965. The Morgan fingerprint density at radius 1 is 1.42 bits per heavy atom. The number of hydrogen-bond acceptors (Lipinski definition) is 5. The highest BCUT2D eigenvalue weighted by molar-refractivity contribution is 7.40. The van der Waals surface area contributed by atoms with E-state index < -0.39 is 25.6 Å². The smallest absolute Gasteiger partial charge is 0.393 e. The Bertz CT molecular complexity index is 220. The molecule has 0 aromatic rings. The predicted octanol–water partition coefficient (Wildman–Crippen LogP) is 0.607. The van der Waals surface area contributed by atoms with Crippen LogP contribution in [0.25, 0.3) is 0 Å². The van der Waals surface area contributed by atoms with Crippen LogP contribution in [-0.2, 0) is 23.4 Å². The summed E-state index contributed by atoms with van der Waals surface area (Å²) in [6.45, 7) is 0. The zero-order chi connectivity index (χ0) is 9.14. The molecule has 0 radical (unpaired) electrons. The maximum Gasteiger partial charge on any atom is 0.512 e. The van der Waals surface area contributed by atoms with Crippen LogP contribution in [0.2, 0.25) is 0 Å². The molecule has 0 bridgehead atoms. The van der Waals surface area contributed by atoms with Gasteiger partial charge in [-0.15, -0.1) is 4.52 Å². The van der Waals surface area contributed by atoms with Gasteiger partial charge in [-0.3, -0.25) is 9.59 Å². The first kappa shape index (κ1) is 9.29. The van der Waals surface area contributed by atoms with E-state index in [9.17, 15) is 14.2 Å². The van der Waals surface area contributed by atoms with Crippen LogP contribution in [0.4, 0.5) is 0 Å². The van der Waals surface area contributed by atoms with E-state index in [1.54, 1.807) is 0 Å². The van der Waals surface area contributed by atoms with E-state index in [2.05, 4.69) is 9.26 Å². The summed E-state index contributed by atoms with van der Waals surface area (Å²) in [4.78, 5) is 21.4. The third-order valence-corrected chi connectivity index (χ3v) is 2.83. The van der Waals surface area contributed by atoms with E-state index >= 15 is 0 Å². The Morgan fingerprint density at radius 3 is 2.33 bits per heavy atom. The highest BCUT2D eigenvalue weighted by Gasteiger charge is 2.41. The van der Waals surface area contributed by atoms with Crippen molar-refractivity contribution in [1.29, 1.82) is 0 Å². The summed E-state index contributed by atoms with van der Waals surface area (Å²) in [5, 5.41) is 0. The second-order valence-corrected chi connectivity index (χ2v) is 4.04. The van der Waals surface area contributed by atoms with Crippen molar-refractivity contribution in [2.75, 3.05) is 7.11 Å². The highest BCUT2D eigenvalue weighted by Crippen LogP contribution is 2.35. The molecule has 1 unspecified atom stereocenters. The molecule has 1 aliphatic rings. The lowest BCUT2D eigenvalue weighted by Gasteiger charge is -2.10.